The molecule has 18 heavy (non-hydrogen) atoms. The van der Waals surface area contributed by atoms with E-state index >= 15 is 0 Å². The molecule has 0 fully saturated rings. The van der Waals surface area contributed by atoms with Crippen LogP contribution in [0.25, 0.3) is 0 Å². The highest BCUT2D eigenvalue weighted by Gasteiger charge is 2.29. The molecular weight excluding hydrogens is 226 g/mol. The minimum absolute atomic E-state index is 0.137. The Morgan fingerprint density at radius 2 is 2.00 bits per heavy atom. The largest absolute Gasteiger partial charge is 0.383 e. The van der Waals surface area contributed by atoms with Gasteiger partial charge in [-0.25, -0.2) is 0 Å². The van der Waals surface area contributed by atoms with Crippen molar-refractivity contribution in [1.82, 2.24) is 4.90 Å². The lowest BCUT2D eigenvalue weighted by molar-refractivity contribution is -0.114. The van der Waals surface area contributed by atoms with Crippen LogP contribution in [0.4, 0.5) is 0 Å². The maximum atomic E-state index is 11.5. The molecule has 1 aromatic carbocycles. The molecule has 0 bridgehead atoms. The van der Waals surface area contributed by atoms with Gasteiger partial charge in [0, 0.05) is 30.8 Å². The predicted molar refractivity (Wildman–Crippen MR) is 70.0 cm³/mol. The van der Waals surface area contributed by atoms with Crippen LogP contribution in [0.2, 0.25) is 0 Å². The van der Waals surface area contributed by atoms with Crippen molar-refractivity contribution in [2.75, 3.05) is 13.1 Å². The number of nitrogens with zero attached hydrogens (tertiary/aromatic N) is 2. The maximum absolute atomic E-state index is 11.5. The first-order valence-corrected chi connectivity index (χ1v) is 6.11. The molecule has 1 amide bonds. The van der Waals surface area contributed by atoms with Gasteiger partial charge in [0.1, 0.15) is 5.84 Å². The predicted octanol–water partition coefficient (Wildman–Crippen LogP) is 1.09. The Hall–Kier alpha value is -1.94. The van der Waals surface area contributed by atoms with Crippen molar-refractivity contribution in [2.24, 2.45) is 10.7 Å². The molecule has 1 aromatic rings. The summed E-state index contributed by atoms with van der Waals surface area (Å²) in [5.41, 5.74) is 8.81. The molecule has 2 aliphatic heterocycles. The first-order valence-electron chi connectivity index (χ1n) is 6.11. The topological polar surface area (TPSA) is 58.7 Å². The first-order chi connectivity index (χ1) is 8.74. The Morgan fingerprint density at radius 3 is 2.78 bits per heavy atom. The second-order valence-corrected chi connectivity index (χ2v) is 4.71. The fourth-order valence-corrected chi connectivity index (χ4v) is 2.51. The highest BCUT2D eigenvalue weighted by atomic mass is 16.1. The number of amides is 1. The van der Waals surface area contributed by atoms with Gasteiger partial charge in [-0.05, 0) is 12.0 Å². The van der Waals surface area contributed by atoms with Crippen LogP contribution in [0.5, 0.6) is 0 Å². The van der Waals surface area contributed by atoms with Gasteiger partial charge in [-0.1, -0.05) is 30.3 Å². The van der Waals surface area contributed by atoms with E-state index in [0.29, 0.717) is 5.84 Å². The zero-order valence-corrected chi connectivity index (χ0v) is 10.1. The number of hydrogen-bond acceptors (Lipinski definition) is 3. The van der Waals surface area contributed by atoms with Crippen molar-refractivity contribution in [3.63, 3.8) is 0 Å². The van der Waals surface area contributed by atoms with Crippen LogP contribution < -0.4 is 5.73 Å². The summed E-state index contributed by atoms with van der Waals surface area (Å²) in [7, 11) is 0. The fourth-order valence-electron chi connectivity index (χ4n) is 2.51. The number of benzene rings is 1. The van der Waals surface area contributed by atoms with E-state index in [1.165, 1.54) is 5.56 Å². The standard InChI is InChI=1S/C14H15N3O/c15-13-12-9-17(7-6-11(12)14(18)16-13)8-10-4-2-1-3-5-10/h1-5H,6-9H2,(H2,15,16,18). The zero-order valence-electron chi connectivity index (χ0n) is 10.1. The molecule has 0 radical (unpaired) electrons. The number of amidine groups is 1. The van der Waals surface area contributed by atoms with Crippen molar-refractivity contribution < 1.29 is 4.79 Å². The summed E-state index contributed by atoms with van der Waals surface area (Å²) in [5.74, 6) is 0.273. The monoisotopic (exact) mass is 241 g/mol. The second-order valence-electron chi connectivity index (χ2n) is 4.71. The third-order valence-corrected chi connectivity index (χ3v) is 3.46. The summed E-state index contributed by atoms with van der Waals surface area (Å²) >= 11 is 0. The maximum Gasteiger partial charge on any atom is 0.275 e. The molecule has 3 rings (SSSR count). The molecule has 0 saturated carbocycles. The Bertz CT molecular complexity index is 545. The summed E-state index contributed by atoms with van der Waals surface area (Å²) in [5, 5.41) is 0. The van der Waals surface area contributed by atoms with Gasteiger partial charge in [-0.2, -0.15) is 4.99 Å². The van der Waals surface area contributed by atoms with E-state index in [1.54, 1.807) is 0 Å². The van der Waals surface area contributed by atoms with E-state index in [2.05, 4.69) is 22.0 Å². The van der Waals surface area contributed by atoms with Crippen LogP contribution in [-0.2, 0) is 11.3 Å². The van der Waals surface area contributed by atoms with Crippen LogP contribution in [0, 0.1) is 0 Å². The fraction of sp³-hybridized carbons (Fsp3) is 0.286. The highest BCUT2D eigenvalue weighted by Crippen LogP contribution is 2.24. The minimum atomic E-state index is -0.137. The average Bonchev–Trinajstić information content (AvgIpc) is 2.66. The summed E-state index contributed by atoms with van der Waals surface area (Å²) in [6.45, 7) is 2.51. The van der Waals surface area contributed by atoms with Crippen molar-refractivity contribution in [2.45, 2.75) is 13.0 Å². The van der Waals surface area contributed by atoms with Crippen LogP contribution in [0.3, 0.4) is 0 Å². The Balaban J connectivity index is 1.74. The summed E-state index contributed by atoms with van der Waals surface area (Å²) in [4.78, 5) is 17.7. The van der Waals surface area contributed by atoms with Crippen molar-refractivity contribution >= 4 is 11.7 Å². The molecule has 2 heterocycles. The van der Waals surface area contributed by atoms with E-state index in [9.17, 15) is 4.79 Å². The summed E-state index contributed by atoms with van der Waals surface area (Å²) < 4.78 is 0. The molecule has 0 unspecified atom stereocenters. The molecular formula is C14H15N3O. The molecule has 0 aromatic heterocycles. The van der Waals surface area contributed by atoms with E-state index in [0.717, 1.165) is 37.2 Å². The number of carbonyl (C=O) groups is 1. The minimum Gasteiger partial charge on any atom is -0.383 e. The van der Waals surface area contributed by atoms with Crippen molar-refractivity contribution in [3.8, 4) is 0 Å². The molecule has 0 atom stereocenters. The lowest BCUT2D eigenvalue weighted by Gasteiger charge is -2.27. The smallest absolute Gasteiger partial charge is 0.275 e. The van der Waals surface area contributed by atoms with Crippen LogP contribution in [0.1, 0.15) is 12.0 Å². The average molecular weight is 241 g/mol. The molecule has 2 N–H and O–H groups in total. The van der Waals surface area contributed by atoms with Gasteiger partial charge in [0.2, 0.25) is 0 Å². The van der Waals surface area contributed by atoms with Gasteiger partial charge in [0.05, 0.1) is 0 Å². The third kappa shape index (κ3) is 1.95. The molecule has 4 heteroatoms. The van der Waals surface area contributed by atoms with Crippen LogP contribution >= 0.6 is 0 Å². The lowest BCUT2D eigenvalue weighted by Crippen LogP contribution is -2.34. The molecule has 0 aliphatic carbocycles. The molecule has 4 nitrogen and oxygen atoms in total. The number of rotatable bonds is 2. The summed E-state index contributed by atoms with van der Waals surface area (Å²) in [6, 6.07) is 10.3. The number of nitrogens with two attached hydrogens (primary N) is 1. The number of aliphatic imine (C=N–C) groups is 1. The van der Waals surface area contributed by atoms with Gasteiger partial charge in [-0.15, -0.1) is 0 Å². The number of hydrogen-bond donors (Lipinski definition) is 1. The van der Waals surface area contributed by atoms with Crippen LogP contribution in [-0.4, -0.2) is 29.7 Å². The third-order valence-electron chi connectivity index (χ3n) is 3.46. The van der Waals surface area contributed by atoms with E-state index in [1.807, 2.05) is 18.2 Å². The van der Waals surface area contributed by atoms with Crippen LogP contribution in [0.15, 0.2) is 46.5 Å². The van der Waals surface area contributed by atoms with Gasteiger partial charge >= 0.3 is 0 Å². The van der Waals surface area contributed by atoms with E-state index in [-0.39, 0.29) is 5.91 Å². The first kappa shape index (κ1) is 11.2. The molecule has 2 aliphatic rings. The van der Waals surface area contributed by atoms with Gasteiger partial charge in [0.15, 0.2) is 0 Å². The van der Waals surface area contributed by atoms with Gasteiger partial charge in [0.25, 0.3) is 5.91 Å². The normalized spacial score (nSPS) is 20.0. The Labute approximate surface area is 106 Å². The quantitative estimate of drug-likeness (QED) is 0.843. The Kier molecular flexibility index (Phi) is 2.72. The van der Waals surface area contributed by atoms with Gasteiger partial charge in [-0.3, -0.25) is 9.69 Å². The molecule has 92 valence electrons. The SMILES string of the molecule is NC1=NC(=O)C2=C1CN(Cc1ccccc1)CC2. The van der Waals surface area contributed by atoms with E-state index < -0.39 is 0 Å². The molecule has 0 spiro atoms. The Morgan fingerprint density at radius 1 is 1.22 bits per heavy atom. The van der Waals surface area contributed by atoms with Crippen molar-refractivity contribution in [1.29, 1.82) is 0 Å². The van der Waals surface area contributed by atoms with E-state index in [4.69, 9.17) is 5.73 Å². The zero-order chi connectivity index (χ0) is 12.5. The number of carbonyl (C=O) groups excluding carboxylic acids is 1. The van der Waals surface area contributed by atoms with Crippen molar-refractivity contribution in [3.05, 3.63) is 47.0 Å². The summed E-state index contributed by atoms with van der Waals surface area (Å²) in [6.07, 6.45) is 0.755. The second kappa shape index (κ2) is 4.38. The van der Waals surface area contributed by atoms with Gasteiger partial charge < -0.3 is 5.73 Å². The highest BCUT2D eigenvalue weighted by molar-refractivity contribution is 6.18. The molecule has 0 saturated heterocycles. The lowest BCUT2D eigenvalue weighted by atomic mass is 10.0.